The van der Waals surface area contributed by atoms with Crippen molar-refractivity contribution >= 4 is 15.8 Å². The normalized spacial score (nSPS) is 14.2. The van der Waals surface area contributed by atoms with E-state index in [2.05, 4.69) is 15.6 Å². The molecule has 0 aromatic rings. The van der Waals surface area contributed by atoms with Crippen LogP contribution in [0.4, 0.5) is 13.2 Å². The summed E-state index contributed by atoms with van der Waals surface area (Å²) in [6.07, 6.45) is -4.12. The summed E-state index contributed by atoms with van der Waals surface area (Å²) >= 11 is 0. The van der Waals surface area contributed by atoms with Gasteiger partial charge in [-0.1, -0.05) is 0 Å². The summed E-state index contributed by atoms with van der Waals surface area (Å²) < 4.78 is 58.1. The number of rotatable bonds is 6. The molecule has 0 amide bonds. The van der Waals surface area contributed by atoms with Crippen LogP contribution in [0, 0.1) is 0 Å². The van der Waals surface area contributed by atoms with Crippen molar-refractivity contribution in [1.82, 2.24) is 10.6 Å². The van der Waals surface area contributed by atoms with Gasteiger partial charge in [0.05, 0.1) is 17.7 Å². The number of aliphatic imine (C=N–C) groups is 1. The van der Waals surface area contributed by atoms with Gasteiger partial charge < -0.3 is 10.6 Å². The number of hydrogen-bond donors (Lipinski definition) is 2. The largest absolute Gasteiger partial charge is 0.390 e. The number of guanidine groups is 1. The molecule has 0 aliphatic rings. The van der Waals surface area contributed by atoms with Crippen LogP contribution in [0.2, 0.25) is 0 Å². The highest BCUT2D eigenvalue weighted by Crippen LogP contribution is 2.18. The average molecular weight is 317 g/mol. The van der Waals surface area contributed by atoms with Gasteiger partial charge >= 0.3 is 6.18 Å². The van der Waals surface area contributed by atoms with Crippen molar-refractivity contribution < 1.29 is 21.6 Å². The zero-order chi connectivity index (χ0) is 16.0. The highest BCUT2D eigenvalue weighted by molar-refractivity contribution is 7.92. The molecule has 0 fully saturated rings. The lowest BCUT2D eigenvalue weighted by Gasteiger charge is -2.21. The molecule has 0 aromatic carbocycles. The number of nitrogens with one attached hydrogen (secondary N) is 2. The van der Waals surface area contributed by atoms with Gasteiger partial charge in [-0.25, -0.2) is 8.42 Å². The van der Waals surface area contributed by atoms with Crippen LogP contribution in [0.15, 0.2) is 4.99 Å². The van der Waals surface area contributed by atoms with Gasteiger partial charge in [0.1, 0.15) is 0 Å². The number of hydrogen-bond acceptors (Lipinski definition) is 3. The van der Waals surface area contributed by atoms with E-state index in [1.807, 2.05) is 0 Å². The molecule has 0 saturated heterocycles. The predicted molar refractivity (Wildman–Crippen MR) is 73.6 cm³/mol. The van der Waals surface area contributed by atoms with Gasteiger partial charge in [-0.15, -0.1) is 0 Å². The second kappa shape index (κ2) is 7.14. The van der Waals surface area contributed by atoms with E-state index in [9.17, 15) is 21.6 Å². The van der Waals surface area contributed by atoms with E-state index in [0.717, 1.165) is 6.26 Å². The van der Waals surface area contributed by atoms with Crippen LogP contribution in [0.5, 0.6) is 0 Å². The topological polar surface area (TPSA) is 70.6 Å². The molecule has 0 atom stereocenters. The van der Waals surface area contributed by atoms with Crippen LogP contribution in [-0.2, 0) is 9.84 Å². The van der Waals surface area contributed by atoms with Crippen LogP contribution in [0.25, 0.3) is 0 Å². The molecule has 0 aliphatic carbocycles. The van der Waals surface area contributed by atoms with Crippen LogP contribution in [-0.4, -0.2) is 51.2 Å². The Morgan fingerprint density at radius 3 is 2.15 bits per heavy atom. The lowest BCUT2D eigenvalue weighted by Crippen LogP contribution is -2.41. The molecule has 0 spiro atoms. The summed E-state index contributed by atoms with van der Waals surface area (Å²) in [5.74, 6) is 0.175. The summed E-state index contributed by atoms with van der Waals surface area (Å²) in [5, 5.41) is 5.29. The first kappa shape index (κ1) is 19.0. The van der Waals surface area contributed by atoms with Gasteiger partial charge in [-0.05, 0) is 20.8 Å². The van der Waals surface area contributed by atoms with Crippen molar-refractivity contribution in [1.29, 1.82) is 0 Å². The first-order chi connectivity index (χ1) is 8.89. The number of nitrogens with zero attached hydrogens (tertiary/aromatic N) is 1. The minimum absolute atomic E-state index is 0.0345. The van der Waals surface area contributed by atoms with E-state index in [-0.39, 0.29) is 19.0 Å². The maximum absolute atomic E-state index is 12.0. The molecule has 0 aromatic heterocycles. The number of alkyl halides is 3. The molecule has 5 nitrogen and oxygen atoms in total. The van der Waals surface area contributed by atoms with Gasteiger partial charge in [0, 0.05) is 19.3 Å². The molecule has 0 bridgehead atoms. The molecule has 0 rings (SSSR count). The molecule has 9 heteroatoms. The second-order valence-electron chi connectivity index (χ2n) is 5.02. The van der Waals surface area contributed by atoms with Gasteiger partial charge in [0.2, 0.25) is 0 Å². The standard InChI is InChI=1S/C11H22F3N3O2S/c1-5-15-9(16-7-6-11(12,13)14)17-8-10(2,3)20(4,18)19/h5-8H2,1-4H3,(H2,15,16,17). The van der Waals surface area contributed by atoms with Crippen molar-refractivity contribution in [3.05, 3.63) is 0 Å². The van der Waals surface area contributed by atoms with E-state index >= 15 is 0 Å². The third-order valence-corrected chi connectivity index (χ3v) is 4.80. The third-order valence-electron chi connectivity index (χ3n) is 2.67. The monoisotopic (exact) mass is 317 g/mol. The summed E-state index contributed by atoms with van der Waals surface area (Å²) in [5.41, 5.74) is 0. The smallest absolute Gasteiger partial charge is 0.357 e. The van der Waals surface area contributed by atoms with Gasteiger partial charge in [0.15, 0.2) is 15.8 Å². The van der Waals surface area contributed by atoms with Crippen LogP contribution in [0.1, 0.15) is 27.2 Å². The minimum Gasteiger partial charge on any atom is -0.357 e. The maximum atomic E-state index is 12.0. The maximum Gasteiger partial charge on any atom is 0.390 e. The fraction of sp³-hybridized carbons (Fsp3) is 0.909. The third kappa shape index (κ3) is 7.56. The molecule has 0 radical (unpaired) electrons. The molecule has 120 valence electrons. The average Bonchev–Trinajstić information content (AvgIpc) is 2.22. The zero-order valence-electron chi connectivity index (χ0n) is 12.1. The van der Waals surface area contributed by atoms with E-state index in [1.54, 1.807) is 6.92 Å². The molecular formula is C11H22F3N3O2S. The van der Waals surface area contributed by atoms with Crippen molar-refractivity contribution in [2.75, 3.05) is 25.9 Å². The quantitative estimate of drug-likeness (QED) is 0.572. The lowest BCUT2D eigenvalue weighted by molar-refractivity contribution is -0.132. The summed E-state index contributed by atoms with van der Waals surface area (Å²) in [4.78, 5) is 4.02. The molecule has 2 N–H and O–H groups in total. The van der Waals surface area contributed by atoms with Crippen molar-refractivity contribution in [2.24, 2.45) is 4.99 Å². The number of sulfone groups is 1. The molecular weight excluding hydrogens is 295 g/mol. The molecule has 0 heterocycles. The second-order valence-corrected chi connectivity index (χ2v) is 7.67. The highest BCUT2D eigenvalue weighted by atomic mass is 32.2. The van der Waals surface area contributed by atoms with Gasteiger partial charge in [-0.2, -0.15) is 13.2 Å². The SMILES string of the molecule is CCNC(=NCC(C)(C)S(C)(=O)=O)NCCC(F)(F)F. The number of halogens is 3. The Hall–Kier alpha value is -0.990. The van der Waals surface area contributed by atoms with E-state index in [1.165, 1.54) is 13.8 Å². The molecule has 0 saturated carbocycles. The summed E-state index contributed by atoms with van der Waals surface area (Å²) in [6.45, 7) is 4.93. The van der Waals surface area contributed by atoms with E-state index < -0.39 is 27.2 Å². The Morgan fingerprint density at radius 1 is 1.20 bits per heavy atom. The Labute approximate surface area is 118 Å². The van der Waals surface area contributed by atoms with Crippen molar-refractivity contribution in [3.63, 3.8) is 0 Å². The Bertz CT molecular complexity index is 431. The Balaban J connectivity index is 4.64. The predicted octanol–water partition coefficient (Wildman–Crippen LogP) is 1.32. The fourth-order valence-corrected chi connectivity index (χ4v) is 1.35. The van der Waals surface area contributed by atoms with Crippen molar-refractivity contribution in [3.8, 4) is 0 Å². The lowest BCUT2D eigenvalue weighted by atomic mass is 10.2. The van der Waals surface area contributed by atoms with Gasteiger partial charge in [-0.3, -0.25) is 4.99 Å². The summed E-state index contributed by atoms with van der Waals surface area (Å²) in [7, 11) is -3.30. The Kier molecular flexibility index (Phi) is 6.79. The molecule has 0 unspecified atom stereocenters. The van der Waals surface area contributed by atoms with Gasteiger partial charge in [0.25, 0.3) is 0 Å². The zero-order valence-corrected chi connectivity index (χ0v) is 13.0. The van der Waals surface area contributed by atoms with Crippen LogP contribution >= 0.6 is 0 Å². The highest BCUT2D eigenvalue weighted by Gasteiger charge is 2.30. The van der Waals surface area contributed by atoms with Crippen LogP contribution in [0.3, 0.4) is 0 Å². The minimum atomic E-state index is -4.24. The van der Waals surface area contributed by atoms with Crippen LogP contribution < -0.4 is 10.6 Å². The summed E-state index contributed by atoms with van der Waals surface area (Å²) in [6, 6.07) is 0. The van der Waals surface area contributed by atoms with Crippen molar-refractivity contribution in [2.45, 2.75) is 38.1 Å². The fourth-order valence-electron chi connectivity index (χ4n) is 1.05. The van der Waals surface area contributed by atoms with E-state index in [4.69, 9.17) is 0 Å². The molecule has 0 aliphatic heterocycles. The Morgan fingerprint density at radius 2 is 1.75 bits per heavy atom. The molecule has 20 heavy (non-hydrogen) atoms. The first-order valence-corrected chi connectivity index (χ1v) is 8.07. The first-order valence-electron chi connectivity index (χ1n) is 6.17. The van der Waals surface area contributed by atoms with E-state index in [0.29, 0.717) is 6.54 Å².